The molecule has 214 valence electrons. The number of halogens is 3. The first kappa shape index (κ1) is 28.7. The van der Waals surface area contributed by atoms with E-state index in [1.807, 2.05) is 32.0 Å². The lowest BCUT2D eigenvalue weighted by atomic mass is 9.71. The van der Waals surface area contributed by atoms with Crippen molar-refractivity contribution in [3.8, 4) is 11.1 Å². The molecule has 3 heterocycles. The number of carboxylic acid groups (broad SMARTS) is 1. The lowest BCUT2D eigenvalue weighted by Crippen LogP contribution is -2.50. The molecule has 5 rings (SSSR count). The number of pyridine rings is 1. The second-order valence-corrected chi connectivity index (χ2v) is 11.1. The molecule has 10 heteroatoms. The molecule has 0 bridgehead atoms. The highest BCUT2D eigenvalue weighted by Crippen LogP contribution is 2.41. The molecule has 3 N–H and O–H groups in total. The number of aliphatic carboxylic acids is 1. The first-order valence-electron chi connectivity index (χ1n) is 13.6. The molecule has 41 heavy (non-hydrogen) atoms. The molecule has 2 aromatic heterocycles. The van der Waals surface area contributed by atoms with Crippen molar-refractivity contribution in [3.63, 3.8) is 0 Å². The number of likely N-dealkylation sites (tertiary alicyclic amines) is 1. The number of benzene rings is 2. The SMILES string of the molecule is CC[C@@H]1C[C@](Cc2nc(Nc3cc(C)[nH]n3)cc(-c3ccccc3)c2F)(C(=O)O)CCN1Cc1cccc(Cl)c1F. The van der Waals surface area contributed by atoms with Gasteiger partial charge in [-0.2, -0.15) is 5.10 Å². The minimum absolute atomic E-state index is 0.0571. The summed E-state index contributed by atoms with van der Waals surface area (Å²) in [6, 6.07) is 17.3. The zero-order valence-electron chi connectivity index (χ0n) is 22.9. The zero-order chi connectivity index (χ0) is 29.1. The van der Waals surface area contributed by atoms with Crippen molar-refractivity contribution in [2.45, 2.75) is 52.1 Å². The third-order valence-electron chi connectivity index (χ3n) is 7.93. The zero-order valence-corrected chi connectivity index (χ0v) is 23.7. The number of anilines is 2. The predicted molar refractivity (Wildman–Crippen MR) is 155 cm³/mol. The molecule has 4 aromatic rings. The molecule has 1 fully saturated rings. The van der Waals surface area contributed by atoms with Gasteiger partial charge in [0.2, 0.25) is 0 Å². The smallest absolute Gasteiger partial charge is 0.310 e. The van der Waals surface area contributed by atoms with Gasteiger partial charge in [-0.25, -0.2) is 13.8 Å². The highest BCUT2D eigenvalue weighted by molar-refractivity contribution is 6.30. The number of nitrogens with zero attached hydrogens (tertiary/aromatic N) is 3. The number of hydrogen-bond acceptors (Lipinski definition) is 5. The van der Waals surface area contributed by atoms with Crippen molar-refractivity contribution in [1.82, 2.24) is 20.1 Å². The Bertz CT molecular complexity index is 1550. The molecule has 0 radical (unpaired) electrons. The van der Waals surface area contributed by atoms with Crippen LogP contribution in [0, 0.1) is 24.0 Å². The van der Waals surface area contributed by atoms with E-state index in [2.05, 4.69) is 25.4 Å². The number of rotatable bonds is 9. The standard InChI is InChI=1S/C31H32ClF2N5O2/c1-3-22-16-31(30(40)41,12-13-39(22)18-21-10-7-11-24(32)28(21)33)17-25-29(34)23(20-8-5-4-6-9-20)15-26(35-25)36-27-14-19(2)37-38-27/h4-11,14-15,22H,3,12-13,16-18H2,1-2H3,(H,40,41)(H2,35,36,37,38)/t22-,31-/m1/s1. The number of hydrogen-bond donors (Lipinski definition) is 3. The third kappa shape index (κ3) is 6.11. The Kier molecular flexibility index (Phi) is 8.37. The Morgan fingerprint density at radius 1 is 1.15 bits per heavy atom. The van der Waals surface area contributed by atoms with E-state index in [-0.39, 0.29) is 36.0 Å². The lowest BCUT2D eigenvalue weighted by Gasteiger charge is -2.44. The number of aromatic amines is 1. The van der Waals surface area contributed by atoms with Gasteiger partial charge in [0.1, 0.15) is 11.6 Å². The quantitative estimate of drug-likeness (QED) is 0.195. The molecule has 1 aliphatic rings. The van der Waals surface area contributed by atoms with E-state index in [0.717, 1.165) is 5.69 Å². The van der Waals surface area contributed by atoms with Crippen LogP contribution >= 0.6 is 11.6 Å². The van der Waals surface area contributed by atoms with Gasteiger partial charge in [0, 0.05) is 41.9 Å². The van der Waals surface area contributed by atoms with Crippen molar-refractivity contribution in [2.75, 3.05) is 11.9 Å². The van der Waals surface area contributed by atoms with Crippen LogP contribution in [-0.2, 0) is 17.8 Å². The maximum atomic E-state index is 16.1. The number of piperidine rings is 1. The Morgan fingerprint density at radius 3 is 2.61 bits per heavy atom. The van der Waals surface area contributed by atoms with Crippen LogP contribution in [0.25, 0.3) is 11.1 Å². The fourth-order valence-electron chi connectivity index (χ4n) is 5.68. The molecule has 0 spiro atoms. The van der Waals surface area contributed by atoms with Crippen LogP contribution in [0.3, 0.4) is 0 Å². The molecule has 0 amide bonds. The van der Waals surface area contributed by atoms with Crippen molar-refractivity contribution >= 4 is 29.2 Å². The van der Waals surface area contributed by atoms with Gasteiger partial charge in [0.25, 0.3) is 0 Å². The van der Waals surface area contributed by atoms with Crippen LogP contribution in [0.5, 0.6) is 0 Å². The average Bonchev–Trinajstić information content (AvgIpc) is 3.38. The molecule has 2 aromatic carbocycles. The third-order valence-corrected chi connectivity index (χ3v) is 8.22. The predicted octanol–water partition coefficient (Wildman–Crippen LogP) is 7.14. The van der Waals surface area contributed by atoms with Gasteiger partial charge in [-0.05, 0) is 50.4 Å². The number of nitrogens with one attached hydrogen (secondary N) is 2. The Hall–Kier alpha value is -3.82. The van der Waals surface area contributed by atoms with E-state index in [0.29, 0.717) is 47.8 Å². The van der Waals surface area contributed by atoms with Crippen molar-refractivity contribution in [1.29, 1.82) is 0 Å². The molecule has 2 atom stereocenters. The average molecular weight is 580 g/mol. The molecule has 0 saturated carbocycles. The van der Waals surface area contributed by atoms with E-state index in [1.54, 1.807) is 36.4 Å². The van der Waals surface area contributed by atoms with Gasteiger partial charge in [0.15, 0.2) is 11.6 Å². The minimum Gasteiger partial charge on any atom is -0.481 e. The van der Waals surface area contributed by atoms with Gasteiger partial charge < -0.3 is 10.4 Å². The largest absolute Gasteiger partial charge is 0.481 e. The summed E-state index contributed by atoms with van der Waals surface area (Å²) in [5.74, 6) is -1.11. The minimum atomic E-state index is -1.24. The normalized spacial score (nSPS) is 19.3. The van der Waals surface area contributed by atoms with Crippen LogP contribution in [0.4, 0.5) is 20.4 Å². The summed E-state index contributed by atoms with van der Waals surface area (Å²) in [5, 5.41) is 20.8. The number of carbonyl (C=O) groups is 1. The van der Waals surface area contributed by atoms with Crippen LogP contribution in [-0.4, -0.2) is 43.7 Å². The van der Waals surface area contributed by atoms with Crippen LogP contribution < -0.4 is 5.32 Å². The van der Waals surface area contributed by atoms with Gasteiger partial charge in [-0.1, -0.05) is 61.0 Å². The maximum absolute atomic E-state index is 16.1. The van der Waals surface area contributed by atoms with E-state index in [4.69, 9.17) is 11.6 Å². The summed E-state index contributed by atoms with van der Waals surface area (Å²) in [6.07, 6.45) is 1.11. The Labute approximate surface area is 242 Å². The van der Waals surface area contributed by atoms with Crippen molar-refractivity contribution < 1.29 is 18.7 Å². The monoisotopic (exact) mass is 579 g/mol. The van der Waals surface area contributed by atoms with E-state index in [1.165, 1.54) is 6.07 Å². The van der Waals surface area contributed by atoms with Crippen LogP contribution in [0.1, 0.15) is 43.1 Å². The van der Waals surface area contributed by atoms with Crippen LogP contribution in [0.15, 0.2) is 60.7 Å². The molecule has 1 saturated heterocycles. The van der Waals surface area contributed by atoms with Gasteiger partial charge >= 0.3 is 5.97 Å². The highest BCUT2D eigenvalue weighted by atomic mass is 35.5. The van der Waals surface area contributed by atoms with Gasteiger partial charge in [-0.3, -0.25) is 14.8 Å². The topological polar surface area (TPSA) is 94.1 Å². The summed E-state index contributed by atoms with van der Waals surface area (Å²) in [7, 11) is 0. The molecule has 7 nitrogen and oxygen atoms in total. The Balaban J connectivity index is 1.48. The number of carboxylic acids is 1. The first-order chi connectivity index (χ1) is 19.7. The lowest BCUT2D eigenvalue weighted by molar-refractivity contribution is -0.154. The summed E-state index contributed by atoms with van der Waals surface area (Å²) in [4.78, 5) is 19.5. The molecule has 0 unspecified atom stereocenters. The second-order valence-electron chi connectivity index (χ2n) is 10.7. The molecular weight excluding hydrogens is 548 g/mol. The second kappa shape index (κ2) is 12.0. The van der Waals surface area contributed by atoms with Gasteiger partial charge in [-0.15, -0.1) is 0 Å². The highest BCUT2D eigenvalue weighted by Gasteiger charge is 2.46. The first-order valence-corrected chi connectivity index (χ1v) is 14.0. The van der Waals surface area contributed by atoms with E-state index >= 15 is 4.39 Å². The summed E-state index contributed by atoms with van der Waals surface area (Å²) >= 11 is 5.99. The van der Waals surface area contributed by atoms with Crippen molar-refractivity contribution in [2.24, 2.45) is 5.41 Å². The van der Waals surface area contributed by atoms with Crippen LogP contribution in [0.2, 0.25) is 5.02 Å². The number of H-pyrrole nitrogens is 1. The fourth-order valence-corrected chi connectivity index (χ4v) is 5.87. The summed E-state index contributed by atoms with van der Waals surface area (Å²) in [5.41, 5.74) is 1.13. The molecular formula is C31H32ClF2N5O2. The number of aromatic nitrogens is 3. The fraction of sp³-hybridized carbons (Fsp3) is 0.323. The van der Waals surface area contributed by atoms with Gasteiger partial charge in [0.05, 0.1) is 16.1 Å². The molecule has 0 aliphatic carbocycles. The number of aryl methyl sites for hydroxylation is 1. The Morgan fingerprint density at radius 2 is 1.93 bits per heavy atom. The van der Waals surface area contributed by atoms with E-state index < -0.39 is 23.0 Å². The summed E-state index contributed by atoms with van der Waals surface area (Å²) in [6.45, 7) is 4.57. The van der Waals surface area contributed by atoms with Crippen molar-refractivity contribution in [3.05, 3.63) is 94.3 Å². The van der Waals surface area contributed by atoms with E-state index in [9.17, 15) is 14.3 Å². The maximum Gasteiger partial charge on any atom is 0.310 e. The summed E-state index contributed by atoms with van der Waals surface area (Å²) < 4.78 is 30.8. The molecule has 1 aliphatic heterocycles.